The van der Waals surface area contributed by atoms with Gasteiger partial charge in [0.25, 0.3) is 0 Å². The Morgan fingerprint density at radius 3 is 2.68 bits per heavy atom. The van der Waals surface area contributed by atoms with Gasteiger partial charge in [-0.15, -0.1) is 0 Å². The van der Waals surface area contributed by atoms with Crippen molar-refractivity contribution in [3.63, 3.8) is 0 Å². The van der Waals surface area contributed by atoms with E-state index in [2.05, 4.69) is 40.5 Å². The number of nitrogens with one attached hydrogen (secondary N) is 1. The Morgan fingerprint density at radius 1 is 1.26 bits per heavy atom. The summed E-state index contributed by atoms with van der Waals surface area (Å²) in [6, 6.07) is 10.1. The van der Waals surface area contributed by atoms with Crippen LogP contribution in [0, 0.1) is 6.92 Å². The molecule has 3 N–H and O–H groups in total. The van der Waals surface area contributed by atoms with Gasteiger partial charge in [-0.05, 0) is 24.6 Å². The van der Waals surface area contributed by atoms with Crippen molar-refractivity contribution in [1.29, 1.82) is 0 Å². The second kappa shape index (κ2) is 5.67. The topological polar surface area (TPSA) is 67.1 Å². The molecule has 100 valence electrons. The summed E-state index contributed by atoms with van der Waals surface area (Å²) in [5, 5.41) is 0. The Hall–Kier alpha value is -2.14. The Kier molecular flexibility index (Phi) is 3.97. The average molecular weight is 257 g/mol. The lowest BCUT2D eigenvalue weighted by Crippen LogP contribution is -2.16. The molecule has 2 aromatic rings. The van der Waals surface area contributed by atoms with Crippen LogP contribution in [0.4, 0.5) is 17.3 Å². The zero-order chi connectivity index (χ0) is 13.8. The van der Waals surface area contributed by atoms with Crippen LogP contribution in [0.1, 0.15) is 18.3 Å². The number of nitrogens with zero attached hydrogens (tertiary/aromatic N) is 3. The van der Waals surface area contributed by atoms with Crippen LogP contribution in [0.2, 0.25) is 0 Å². The molecule has 1 heterocycles. The fourth-order valence-corrected chi connectivity index (χ4v) is 1.86. The molecule has 0 atom stereocenters. The molecule has 0 aliphatic rings. The van der Waals surface area contributed by atoms with E-state index in [1.165, 1.54) is 5.56 Å². The number of hydrazine groups is 1. The summed E-state index contributed by atoms with van der Waals surface area (Å²) >= 11 is 0. The highest BCUT2D eigenvalue weighted by atomic mass is 15.3. The third-order valence-corrected chi connectivity index (χ3v) is 2.96. The molecule has 0 aliphatic carbocycles. The fraction of sp³-hybridized carbons (Fsp3) is 0.286. The van der Waals surface area contributed by atoms with Gasteiger partial charge in [-0.25, -0.2) is 15.8 Å². The van der Waals surface area contributed by atoms with Crippen molar-refractivity contribution in [2.24, 2.45) is 5.84 Å². The van der Waals surface area contributed by atoms with Gasteiger partial charge >= 0.3 is 0 Å². The zero-order valence-corrected chi connectivity index (χ0v) is 11.5. The average Bonchev–Trinajstić information content (AvgIpc) is 2.45. The second-order valence-corrected chi connectivity index (χ2v) is 4.42. The number of hydrogen-bond acceptors (Lipinski definition) is 5. The smallest absolute Gasteiger partial charge is 0.145 e. The van der Waals surface area contributed by atoms with E-state index >= 15 is 0 Å². The number of anilines is 3. The predicted octanol–water partition coefficient (Wildman–Crippen LogP) is 2.40. The van der Waals surface area contributed by atoms with Crippen molar-refractivity contribution < 1.29 is 0 Å². The van der Waals surface area contributed by atoms with Gasteiger partial charge in [0, 0.05) is 25.2 Å². The molecule has 2 rings (SSSR count). The van der Waals surface area contributed by atoms with Gasteiger partial charge in [-0.3, -0.25) is 0 Å². The normalized spacial score (nSPS) is 10.3. The minimum Gasteiger partial charge on any atom is -0.329 e. The van der Waals surface area contributed by atoms with Gasteiger partial charge in [0.15, 0.2) is 0 Å². The maximum Gasteiger partial charge on any atom is 0.145 e. The first-order valence-electron chi connectivity index (χ1n) is 6.29. The van der Waals surface area contributed by atoms with Crippen molar-refractivity contribution in [2.75, 3.05) is 17.4 Å². The number of aryl methyl sites for hydroxylation is 2. The van der Waals surface area contributed by atoms with Crippen LogP contribution in [0.3, 0.4) is 0 Å². The molecule has 1 aromatic carbocycles. The van der Waals surface area contributed by atoms with E-state index in [1.54, 1.807) is 0 Å². The highest BCUT2D eigenvalue weighted by molar-refractivity contribution is 5.62. The van der Waals surface area contributed by atoms with Gasteiger partial charge in [-0.2, -0.15) is 0 Å². The maximum atomic E-state index is 5.45. The molecule has 0 unspecified atom stereocenters. The standard InChI is InChI=1S/C14H19N5/c1-4-12-16-13(18-15)9-14(17-12)19(3)11-7-5-6-10(2)8-11/h5-9H,4,15H2,1-3H3,(H,16,17,18). The van der Waals surface area contributed by atoms with Gasteiger partial charge in [-0.1, -0.05) is 19.1 Å². The van der Waals surface area contributed by atoms with Gasteiger partial charge in [0.1, 0.15) is 17.5 Å². The van der Waals surface area contributed by atoms with Gasteiger partial charge in [0.05, 0.1) is 0 Å². The zero-order valence-electron chi connectivity index (χ0n) is 11.5. The van der Waals surface area contributed by atoms with E-state index in [4.69, 9.17) is 5.84 Å². The molecule has 0 radical (unpaired) electrons. The molecule has 0 bridgehead atoms. The number of rotatable bonds is 4. The van der Waals surface area contributed by atoms with Crippen molar-refractivity contribution >= 4 is 17.3 Å². The van der Waals surface area contributed by atoms with Crippen molar-refractivity contribution in [3.05, 3.63) is 41.7 Å². The SMILES string of the molecule is CCc1nc(NN)cc(N(C)c2cccc(C)c2)n1. The van der Waals surface area contributed by atoms with Crippen molar-refractivity contribution in [1.82, 2.24) is 9.97 Å². The lowest BCUT2D eigenvalue weighted by atomic mass is 10.2. The largest absolute Gasteiger partial charge is 0.329 e. The van der Waals surface area contributed by atoms with E-state index in [0.717, 1.165) is 23.8 Å². The molecule has 0 aliphatic heterocycles. The van der Waals surface area contributed by atoms with Crippen molar-refractivity contribution in [2.45, 2.75) is 20.3 Å². The lowest BCUT2D eigenvalue weighted by Gasteiger charge is -2.20. The molecule has 19 heavy (non-hydrogen) atoms. The molecule has 0 fully saturated rings. The molecule has 0 spiro atoms. The minimum atomic E-state index is 0.626. The van der Waals surface area contributed by atoms with Crippen LogP contribution in [-0.2, 0) is 6.42 Å². The van der Waals surface area contributed by atoms with Crippen LogP contribution in [0.15, 0.2) is 30.3 Å². The Morgan fingerprint density at radius 2 is 2.05 bits per heavy atom. The van der Waals surface area contributed by atoms with Crippen molar-refractivity contribution in [3.8, 4) is 0 Å². The van der Waals surface area contributed by atoms with Gasteiger partial charge in [0.2, 0.25) is 0 Å². The van der Waals surface area contributed by atoms with Crippen LogP contribution in [0.25, 0.3) is 0 Å². The Bertz CT molecular complexity index is 545. The summed E-state index contributed by atoms with van der Waals surface area (Å²) in [6.45, 7) is 4.09. The first-order chi connectivity index (χ1) is 9.13. The lowest BCUT2D eigenvalue weighted by molar-refractivity contribution is 0.924. The second-order valence-electron chi connectivity index (χ2n) is 4.42. The van der Waals surface area contributed by atoms with Gasteiger partial charge < -0.3 is 10.3 Å². The summed E-state index contributed by atoms with van der Waals surface area (Å²) in [5.74, 6) is 7.67. The van der Waals surface area contributed by atoms with E-state index < -0.39 is 0 Å². The number of benzene rings is 1. The molecule has 5 heteroatoms. The molecule has 0 saturated heterocycles. The summed E-state index contributed by atoms with van der Waals surface area (Å²) < 4.78 is 0. The number of nitrogens with two attached hydrogens (primary N) is 1. The molecular formula is C14H19N5. The maximum absolute atomic E-state index is 5.45. The summed E-state index contributed by atoms with van der Waals surface area (Å²) in [6.07, 6.45) is 0.768. The molecule has 5 nitrogen and oxygen atoms in total. The highest BCUT2D eigenvalue weighted by Gasteiger charge is 2.09. The monoisotopic (exact) mass is 257 g/mol. The molecule has 0 amide bonds. The third kappa shape index (κ3) is 3.00. The molecular weight excluding hydrogens is 238 g/mol. The van der Waals surface area contributed by atoms with Crippen LogP contribution < -0.4 is 16.2 Å². The van der Waals surface area contributed by atoms with Crippen LogP contribution in [0.5, 0.6) is 0 Å². The summed E-state index contributed by atoms with van der Waals surface area (Å²) in [5.41, 5.74) is 4.88. The number of hydrogen-bond donors (Lipinski definition) is 2. The quantitative estimate of drug-likeness (QED) is 0.650. The van der Waals surface area contributed by atoms with E-state index in [-0.39, 0.29) is 0 Å². The van der Waals surface area contributed by atoms with Crippen LogP contribution >= 0.6 is 0 Å². The van der Waals surface area contributed by atoms with Crippen LogP contribution in [-0.4, -0.2) is 17.0 Å². The predicted molar refractivity (Wildman–Crippen MR) is 78.5 cm³/mol. The number of nitrogen functional groups attached to an aromatic ring is 1. The minimum absolute atomic E-state index is 0.626. The first kappa shape index (κ1) is 13.3. The Balaban J connectivity index is 2.40. The number of aromatic nitrogens is 2. The van der Waals surface area contributed by atoms with E-state index in [9.17, 15) is 0 Å². The molecule has 1 aromatic heterocycles. The first-order valence-corrected chi connectivity index (χ1v) is 6.29. The fourth-order valence-electron chi connectivity index (χ4n) is 1.86. The Labute approximate surface area is 113 Å². The van der Waals surface area contributed by atoms with E-state index in [0.29, 0.717) is 5.82 Å². The third-order valence-electron chi connectivity index (χ3n) is 2.96. The van der Waals surface area contributed by atoms with E-state index in [1.807, 2.05) is 31.0 Å². The molecule has 0 saturated carbocycles. The summed E-state index contributed by atoms with van der Waals surface area (Å²) in [4.78, 5) is 10.8. The summed E-state index contributed by atoms with van der Waals surface area (Å²) in [7, 11) is 1.98. The highest BCUT2D eigenvalue weighted by Crippen LogP contribution is 2.24.